The van der Waals surface area contributed by atoms with E-state index in [1.807, 2.05) is 0 Å². The smallest absolute Gasteiger partial charge is 0.417 e. The van der Waals surface area contributed by atoms with Crippen molar-refractivity contribution in [3.05, 3.63) is 34.3 Å². The summed E-state index contributed by atoms with van der Waals surface area (Å²) >= 11 is 0. The summed E-state index contributed by atoms with van der Waals surface area (Å²) in [7, 11) is 1.77. The number of esters is 1. The zero-order chi connectivity index (χ0) is 13.0. The summed E-state index contributed by atoms with van der Waals surface area (Å²) in [6.07, 6.45) is 0.335. The fourth-order valence-corrected chi connectivity index (χ4v) is 1.55. The number of fused-ring (bicyclic) bond motifs is 1. The molecule has 2 aromatic rings. The molecule has 0 aliphatic heterocycles. The minimum absolute atomic E-state index is 0.186. The first-order valence-corrected chi connectivity index (χ1v) is 5.61. The van der Waals surface area contributed by atoms with E-state index in [1.165, 1.54) is 0 Å². The van der Waals surface area contributed by atoms with Crippen LogP contribution >= 0.6 is 0 Å². The topological polar surface area (TPSA) is 84.3 Å². The van der Waals surface area contributed by atoms with Crippen molar-refractivity contribution >= 4 is 17.1 Å². The third kappa shape index (κ3) is 2.98. The Hall–Kier alpha value is -2.08. The van der Waals surface area contributed by atoms with Gasteiger partial charge >= 0.3 is 11.7 Å². The van der Waals surface area contributed by atoms with Gasteiger partial charge in [0.05, 0.1) is 11.9 Å². The number of ether oxygens (including phenoxy) is 1. The molecule has 0 aliphatic rings. The van der Waals surface area contributed by atoms with Gasteiger partial charge in [0.1, 0.15) is 6.61 Å². The number of aromatic nitrogens is 1. The summed E-state index contributed by atoms with van der Waals surface area (Å²) in [5, 5.41) is 2.87. The number of carbonyl (C=O) groups excluding carboxylic acids is 1. The first-order valence-electron chi connectivity index (χ1n) is 5.61. The van der Waals surface area contributed by atoms with Crippen LogP contribution in [0.1, 0.15) is 12.0 Å². The molecular formula is C12H14N2O4. The van der Waals surface area contributed by atoms with E-state index in [2.05, 4.69) is 10.3 Å². The highest BCUT2D eigenvalue weighted by molar-refractivity contribution is 5.73. The van der Waals surface area contributed by atoms with Crippen LogP contribution in [0.15, 0.2) is 27.4 Å². The molecule has 1 aromatic carbocycles. The van der Waals surface area contributed by atoms with Crippen molar-refractivity contribution in [3.63, 3.8) is 0 Å². The van der Waals surface area contributed by atoms with E-state index in [1.54, 1.807) is 25.2 Å². The van der Waals surface area contributed by atoms with E-state index in [9.17, 15) is 9.59 Å². The number of nitrogens with one attached hydrogen (secondary N) is 2. The molecule has 18 heavy (non-hydrogen) atoms. The average Bonchev–Trinajstić information content (AvgIpc) is 2.73. The lowest BCUT2D eigenvalue weighted by Gasteiger charge is -2.04. The maximum Gasteiger partial charge on any atom is 0.417 e. The summed E-state index contributed by atoms with van der Waals surface area (Å²) in [6, 6.07) is 5.15. The lowest BCUT2D eigenvalue weighted by Crippen LogP contribution is -2.14. The number of benzene rings is 1. The molecular weight excluding hydrogens is 236 g/mol. The Morgan fingerprint density at radius 1 is 1.50 bits per heavy atom. The molecule has 0 saturated carbocycles. The molecule has 0 radical (unpaired) electrons. The highest BCUT2D eigenvalue weighted by Crippen LogP contribution is 2.13. The zero-order valence-corrected chi connectivity index (χ0v) is 9.99. The maximum atomic E-state index is 11.3. The maximum absolute atomic E-state index is 11.3. The number of oxazole rings is 1. The molecule has 1 aromatic heterocycles. The van der Waals surface area contributed by atoms with Gasteiger partial charge in [-0.05, 0) is 24.7 Å². The predicted molar refractivity (Wildman–Crippen MR) is 65.2 cm³/mol. The molecule has 6 heteroatoms. The van der Waals surface area contributed by atoms with Gasteiger partial charge in [-0.15, -0.1) is 0 Å². The Balaban J connectivity index is 1.99. The van der Waals surface area contributed by atoms with E-state index in [-0.39, 0.29) is 12.6 Å². The Morgan fingerprint density at radius 3 is 3.11 bits per heavy atom. The first-order chi connectivity index (χ1) is 8.69. The van der Waals surface area contributed by atoms with Gasteiger partial charge in [0.2, 0.25) is 0 Å². The molecule has 0 saturated heterocycles. The van der Waals surface area contributed by atoms with Gasteiger partial charge in [0, 0.05) is 6.54 Å². The Morgan fingerprint density at radius 2 is 2.33 bits per heavy atom. The molecule has 0 bridgehead atoms. The average molecular weight is 250 g/mol. The molecule has 0 unspecified atom stereocenters. The van der Waals surface area contributed by atoms with Crippen molar-refractivity contribution in [3.8, 4) is 0 Å². The van der Waals surface area contributed by atoms with Crippen LogP contribution < -0.4 is 11.1 Å². The number of hydrogen-bond acceptors (Lipinski definition) is 5. The fourth-order valence-electron chi connectivity index (χ4n) is 1.55. The lowest BCUT2D eigenvalue weighted by atomic mass is 10.2. The lowest BCUT2D eigenvalue weighted by molar-refractivity contribution is -0.144. The summed E-state index contributed by atoms with van der Waals surface area (Å²) in [6.45, 7) is 0.776. The predicted octanol–water partition coefficient (Wildman–Crippen LogP) is 0.774. The van der Waals surface area contributed by atoms with E-state index >= 15 is 0 Å². The third-order valence-corrected chi connectivity index (χ3v) is 2.46. The SMILES string of the molecule is CNCCC(=O)OCc1ccc2oc(=O)[nH]c2c1. The van der Waals surface area contributed by atoms with Gasteiger partial charge < -0.3 is 14.5 Å². The molecule has 0 fully saturated rings. The monoisotopic (exact) mass is 250 g/mol. The van der Waals surface area contributed by atoms with Crippen molar-refractivity contribution in [1.29, 1.82) is 0 Å². The van der Waals surface area contributed by atoms with Gasteiger partial charge in [0.25, 0.3) is 0 Å². The quantitative estimate of drug-likeness (QED) is 0.766. The van der Waals surface area contributed by atoms with Crippen LogP contribution in [-0.2, 0) is 16.1 Å². The highest BCUT2D eigenvalue weighted by Gasteiger charge is 2.05. The van der Waals surface area contributed by atoms with Crippen molar-refractivity contribution in [2.24, 2.45) is 0 Å². The Labute approximate surface area is 103 Å². The second-order valence-corrected chi connectivity index (χ2v) is 3.86. The molecule has 0 atom stereocenters. The van der Waals surface area contributed by atoms with Crippen LogP contribution in [0.5, 0.6) is 0 Å². The summed E-state index contributed by atoms with van der Waals surface area (Å²) < 4.78 is 9.96. The fraction of sp³-hybridized carbons (Fsp3) is 0.333. The highest BCUT2D eigenvalue weighted by atomic mass is 16.5. The second kappa shape index (κ2) is 5.50. The van der Waals surface area contributed by atoms with E-state index in [4.69, 9.17) is 9.15 Å². The Bertz CT molecular complexity index is 599. The minimum atomic E-state index is -0.492. The molecule has 96 valence electrons. The molecule has 2 N–H and O–H groups in total. The number of H-pyrrole nitrogens is 1. The number of hydrogen-bond donors (Lipinski definition) is 2. The second-order valence-electron chi connectivity index (χ2n) is 3.86. The molecule has 2 rings (SSSR count). The van der Waals surface area contributed by atoms with E-state index in [0.29, 0.717) is 24.1 Å². The largest absolute Gasteiger partial charge is 0.461 e. The molecule has 1 heterocycles. The van der Waals surface area contributed by atoms with Crippen LogP contribution in [0.25, 0.3) is 11.1 Å². The normalized spacial score (nSPS) is 10.7. The molecule has 0 amide bonds. The van der Waals surface area contributed by atoms with Crippen molar-refractivity contribution in [2.45, 2.75) is 13.0 Å². The van der Waals surface area contributed by atoms with Gasteiger partial charge in [-0.2, -0.15) is 0 Å². The van der Waals surface area contributed by atoms with Crippen molar-refractivity contribution in [1.82, 2.24) is 10.3 Å². The molecule has 0 spiro atoms. The first kappa shape index (κ1) is 12.4. The van der Waals surface area contributed by atoms with Crippen LogP contribution in [0.2, 0.25) is 0 Å². The minimum Gasteiger partial charge on any atom is -0.461 e. The van der Waals surface area contributed by atoms with Crippen molar-refractivity contribution in [2.75, 3.05) is 13.6 Å². The van der Waals surface area contributed by atoms with Crippen LogP contribution in [-0.4, -0.2) is 24.5 Å². The van der Waals surface area contributed by atoms with Crippen LogP contribution in [0, 0.1) is 0 Å². The molecule has 0 aliphatic carbocycles. The van der Waals surface area contributed by atoms with Gasteiger partial charge in [0.15, 0.2) is 5.58 Å². The van der Waals surface area contributed by atoms with Gasteiger partial charge in [-0.3, -0.25) is 9.78 Å². The van der Waals surface area contributed by atoms with Crippen LogP contribution in [0.4, 0.5) is 0 Å². The number of rotatable bonds is 5. The third-order valence-electron chi connectivity index (χ3n) is 2.46. The number of carbonyl (C=O) groups is 1. The molecule has 6 nitrogen and oxygen atoms in total. The summed E-state index contributed by atoms with van der Waals surface area (Å²) in [5.74, 6) is -0.752. The van der Waals surface area contributed by atoms with E-state index < -0.39 is 5.76 Å². The van der Waals surface area contributed by atoms with Crippen molar-refractivity contribution < 1.29 is 13.9 Å². The standard InChI is InChI=1S/C12H14N2O4/c1-13-5-4-11(15)17-7-8-2-3-10-9(6-8)14-12(16)18-10/h2-3,6,13H,4-5,7H2,1H3,(H,14,16). The van der Waals surface area contributed by atoms with Gasteiger partial charge in [-0.1, -0.05) is 6.07 Å². The summed E-state index contributed by atoms with van der Waals surface area (Å²) in [5.41, 5.74) is 1.89. The van der Waals surface area contributed by atoms with Gasteiger partial charge in [-0.25, -0.2) is 4.79 Å². The zero-order valence-electron chi connectivity index (χ0n) is 9.99. The summed E-state index contributed by atoms with van der Waals surface area (Å²) in [4.78, 5) is 24.8. The number of aromatic amines is 1. The van der Waals surface area contributed by atoms with Crippen LogP contribution in [0.3, 0.4) is 0 Å². The van der Waals surface area contributed by atoms with E-state index in [0.717, 1.165) is 5.56 Å². The Kier molecular flexibility index (Phi) is 3.78.